The van der Waals surface area contributed by atoms with Crippen molar-refractivity contribution >= 4 is 23.2 Å². The van der Waals surface area contributed by atoms with Crippen molar-refractivity contribution in [2.75, 3.05) is 0 Å². The van der Waals surface area contributed by atoms with E-state index < -0.39 is 0 Å². The van der Waals surface area contributed by atoms with Crippen molar-refractivity contribution in [2.24, 2.45) is 5.92 Å². The standard InChI is InChI=1S/C13H16Cl2/c14-12-8-7-11(9-13(12)15)6-5-10-3-1-2-4-10/h7-10H,1-6H2. The van der Waals surface area contributed by atoms with E-state index in [1.54, 1.807) is 0 Å². The topological polar surface area (TPSA) is 0 Å². The fourth-order valence-corrected chi connectivity index (χ4v) is 2.69. The minimum Gasteiger partial charge on any atom is -0.0827 e. The molecule has 0 bridgehead atoms. The Morgan fingerprint density at radius 3 is 2.47 bits per heavy atom. The molecule has 0 spiro atoms. The van der Waals surface area contributed by atoms with E-state index in [-0.39, 0.29) is 0 Å². The molecule has 0 amide bonds. The minimum absolute atomic E-state index is 0.654. The van der Waals surface area contributed by atoms with Crippen molar-refractivity contribution in [3.05, 3.63) is 33.8 Å². The largest absolute Gasteiger partial charge is 0.0827 e. The van der Waals surface area contributed by atoms with Gasteiger partial charge in [0.2, 0.25) is 0 Å². The lowest BCUT2D eigenvalue weighted by molar-refractivity contribution is 0.504. The highest BCUT2D eigenvalue weighted by Gasteiger charge is 2.14. The van der Waals surface area contributed by atoms with E-state index in [4.69, 9.17) is 23.2 Å². The summed E-state index contributed by atoms with van der Waals surface area (Å²) < 4.78 is 0. The summed E-state index contributed by atoms with van der Waals surface area (Å²) >= 11 is 11.9. The van der Waals surface area contributed by atoms with E-state index in [2.05, 4.69) is 6.07 Å². The monoisotopic (exact) mass is 242 g/mol. The lowest BCUT2D eigenvalue weighted by Crippen LogP contribution is -1.96. The van der Waals surface area contributed by atoms with E-state index >= 15 is 0 Å². The molecule has 1 fully saturated rings. The molecule has 0 atom stereocenters. The zero-order valence-electron chi connectivity index (χ0n) is 8.81. The summed E-state index contributed by atoms with van der Waals surface area (Å²) in [5.41, 5.74) is 1.32. The van der Waals surface area contributed by atoms with Crippen LogP contribution in [0.25, 0.3) is 0 Å². The van der Waals surface area contributed by atoms with Crippen LogP contribution < -0.4 is 0 Å². The number of aryl methyl sites for hydroxylation is 1. The van der Waals surface area contributed by atoms with Gasteiger partial charge in [-0.1, -0.05) is 55.0 Å². The van der Waals surface area contributed by atoms with Crippen molar-refractivity contribution < 1.29 is 0 Å². The van der Waals surface area contributed by atoms with Crippen LogP contribution in [0.1, 0.15) is 37.7 Å². The van der Waals surface area contributed by atoms with Gasteiger partial charge in [0.15, 0.2) is 0 Å². The molecule has 1 aromatic rings. The van der Waals surface area contributed by atoms with Gasteiger partial charge in [0.05, 0.1) is 10.0 Å². The van der Waals surface area contributed by atoms with Crippen molar-refractivity contribution in [1.82, 2.24) is 0 Å². The van der Waals surface area contributed by atoms with E-state index in [0.29, 0.717) is 10.0 Å². The van der Waals surface area contributed by atoms with Crippen molar-refractivity contribution in [3.63, 3.8) is 0 Å². The van der Waals surface area contributed by atoms with Gasteiger partial charge in [0.25, 0.3) is 0 Å². The molecule has 2 rings (SSSR count). The lowest BCUT2D eigenvalue weighted by atomic mass is 9.98. The smallest absolute Gasteiger partial charge is 0.0595 e. The summed E-state index contributed by atoms with van der Waals surface area (Å²) in [5, 5.41) is 1.34. The quantitative estimate of drug-likeness (QED) is 0.691. The fraction of sp³-hybridized carbons (Fsp3) is 0.538. The van der Waals surface area contributed by atoms with Crippen LogP contribution in [-0.2, 0) is 6.42 Å². The zero-order chi connectivity index (χ0) is 10.7. The molecule has 0 saturated heterocycles. The van der Waals surface area contributed by atoms with Crippen LogP contribution in [-0.4, -0.2) is 0 Å². The molecule has 0 nitrogen and oxygen atoms in total. The Kier molecular flexibility index (Phi) is 3.93. The third-order valence-electron chi connectivity index (χ3n) is 3.30. The molecule has 0 N–H and O–H groups in total. The van der Waals surface area contributed by atoms with Crippen molar-refractivity contribution in [1.29, 1.82) is 0 Å². The van der Waals surface area contributed by atoms with Gasteiger partial charge in [-0.3, -0.25) is 0 Å². The van der Waals surface area contributed by atoms with Gasteiger partial charge in [-0.25, -0.2) is 0 Å². The van der Waals surface area contributed by atoms with Gasteiger partial charge in [-0.2, -0.15) is 0 Å². The second-order valence-corrected chi connectivity index (χ2v) is 5.25. The van der Waals surface area contributed by atoms with Crippen molar-refractivity contribution in [2.45, 2.75) is 38.5 Å². The van der Waals surface area contributed by atoms with Crippen LogP contribution in [0, 0.1) is 5.92 Å². The molecule has 15 heavy (non-hydrogen) atoms. The van der Waals surface area contributed by atoms with Gasteiger partial charge < -0.3 is 0 Å². The first kappa shape index (κ1) is 11.3. The normalized spacial score (nSPS) is 17.2. The Labute approximate surface area is 102 Å². The first-order chi connectivity index (χ1) is 7.25. The number of rotatable bonds is 3. The number of benzene rings is 1. The molecule has 1 aliphatic rings. The van der Waals surface area contributed by atoms with E-state index in [1.165, 1.54) is 37.7 Å². The zero-order valence-corrected chi connectivity index (χ0v) is 10.3. The maximum Gasteiger partial charge on any atom is 0.0595 e. The molecule has 1 aromatic carbocycles. The second-order valence-electron chi connectivity index (χ2n) is 4.44. The molecule has 0 radical (unpaired) electrons. The molecule has 1 saturated carbocycles. The highest BCUT2D eigenvalue weighted by molar-refractivity contribution is 6.42. The Hall–Kier alpha value is -0.200. The van der Waals surface area contributed by atoms with Crippen LogP contribution in [0.4, 0.5) is 0 Å². The first-order valence-electron chi connectivity index (χ1n) is 5.69. The summed E-state index contributed by atoms with van der Waals surface area (Å²) in [6, 6.07) is 5.98. The van der Waals surface area contributed by atoms with Gasteiger partial charge in [-0.15, -0.1) is 0 Å². The van der Waals surface area contributed by atoms with Crippen molar-refractivity contribution in [3.8, 4) is 0 Å². The average molecular weight is 243 g/mol. The van der Waals surface area contributed by atoms with E-state index in [0.717, 1.165) is 12.3 Å². The predicted octanol–water partition coefficient (Wildman–Crippen LogP) is 5.12. The summed E-state index contributed by atoms with van der Waals surface area (Å²) in [5.74, 6) is 0.944. The van der Waals surface area contributed by atoms with E-state index in [1.807, 2.05) is 12.1 Å². The first-order valence-corrected chi connectivity index (χ1v) is 6.45. The maximum atomic E-state index is 5.98. The highest BCUT2D eigenvalue weighted by Crippen LogP contribution is 2.29. The second kappa shape index (κ2) is 5.23. The third-order valence-corrected chi connectivity index (χ3v) is 4.04. The Balaban J connectivity index is 1.90. The van der Waals surface area contributed by atoms with Gasteiger partial charge in [0.1, 0.15) is 0 Å². The molecule has 2 heteroatoms. The van der Waals surface area contributed by atoms with Crippen LogP contribution >= 0.6 is 23.2 Å². The van der Waals surface area contributed by atoms with Gasteiger partial charge in [-0.05, 0) is 36.5 Å². The molecule has 0 aromatic heterocycles. The molecule has 0 unspecified atom stereocenters. The number of hydrogen-bond acceptors (Lipinski definition) is 0. The molecular weight excluding hydrogens is 227 g/mol. The third kappa shape index (κ3) is 3.12. The highest BCUT2D eigenvalue weighted by atomic mass is 35.5. The molecule has 0 heterocycles. The molecular formula is C13H16Cl2. The number of hydrogen-bond donors (Lipinski definition) is 0. The predicted molar refractivity (Wildman–Crippen MR) is 66.7 cm³/mol. The Bertz CT molecular complexity index is 327. The van der Waals surface area contributed by atoms with E-state index in [9.17, 15) is 0 Å². The van der Waals surface area contributed by atoms with Crippen LogP contribution in [0.15, 0.2) is 18.2 Å². The SMILES string of the molecule is Clc1ccc(CCC2CCCC2)cc1Cl. The molecule has 82 valence electrons. The summed E-state index contributed by atoms with van der Waals surface area (Å²) in [6.07, 6.45) is 8.13. The summed E-state index contributed by atoms with van der Waals surface area (Å²) in [6.45, 7) is 0. The van der Waals surface area contributed by atoms with Gasteiger partial charge >= 0.3 is 0 Å². The van der Waals surface area contributed by atoms with Crippen LogP contribution in [0.3, 0.4) is 0 Å². The Morgan fingerprint density at radius 1 is 1.07 bits per heavy atom. The Morgan fingerprint density at radius 2 is 1.80 bits per heavy atom. The van der Waals surface area contributed by atoms with Crippen LogP contribution in [0.2, 0.25) is 10.0 Å². The summed E-state index contributed by atoms with van der Waals surface area (Å²) in [7, 11) is 0. The minimum atomic E-state index is 0.654. The lowest BCUT2D eigenvalue weighted by Gasteiger charge is -2.08. The number of halogens is 2. The average Bonchev–Trinajstić information content (AvgIpc) is 2.73. The van der Waals surface area contributed by atoms with Gasteiger partial charge in [0, 0.05) is 0 Å². The fourth-order valence-electron chi connectivity index (χ4n) is 2.36. The molecule has 0 aliphatic heterocycles. The summed E-state index contributed by atoms with van der Waals surface area (Å²) in [4.78, 5) is 0. The maximum absolute atomic E-state index is 5.98. The van der Waals surface area contributed by atoms with Crippen LogP contribution in [0.5, 0.6) is 0 Å². The molecule has 1 aliphatic carbocycles.